The molecule has 0 spiro atoms. The Labute approximate surface area is 179 Å². The second-order valence-electron chi connectivity index (χ2n) is 7.66. The highest BCUT2D eigenvalue weighted by Crippen LogP contribution is 2.24. The monoisotopic (exact) mass is 440 g/mol. The number of methoxy groups -OCH3 is 1. The van der Waals surface area contributed by atoms with Gasteiger partial charge in [-0.3, -0.25) is 4.79 Å². The van der Waals surface area contributed by atoms with Crippen LogP contribution < -0.4 is 9.46 Å². The van der Waals surface area contributed by atoms with Gasteiger partial charge in [0, 0.05) is 45.8 Å². The molecule has 30 heavy (non-hydrogen) atoms. The Balaban J connectivity index is 1.61. The van der Waals surface area contributed by atoms with Crippen molar-refractivity contribution in [1.82, 2.24) is 19.4 Å². The second kappa shape index (κ2) is 10.5. The van der Waals surface area contributed by atoms with Crippen LogP contribution in [0.25, 0.3) is 0 Å². The normalized spacial score (nSPS) is 19.1. The van der Waals surface area contributed by atoms with Crippen molar-refractivity contribution in [2.75, 3.05) is 79.7 Å². The van der Waals surface area contributed by atoms with Crippen LogP contribution in [-0.4, -0.2) is 109 Å². The number of likely N-dealkylation sites (N-methyl/N-ethyl adjacent to an activating group) is 1. The number of hydrogen-bond acceptors (Lipinski definition) is 7. The van der Waals surface area contributed by atoms with Gasteiger partial charge < -0.3 is 24.2 Å². The molecular formula is C20H32N4O5S. The zero-order chi connectivity index (χ0) is 21.6. The van der Waals surface area contributed by atoms with Gasteiger partial charge in [-0.25, -0.2) is 13.1 Å². The third kappa shape index (κ3) is 5.92. The molecule has 2 heterocycles. The minimum atomic E-state index is -3.71. The molecule has 0 saturated carbocycles. The van der Waals surface area contributed by atoms with E-state index >= 15 is 0 Å². The number of sulfonamides is 1. The van der Waals surface area contributed by atoms with Gasteiger partial charge in [0.15, 0.2) is 0 Å². The first-order chi connectivity index (χ1) is 14.4. The largest absolute Gasteiger partial charge is 0.496 e. The van der Waals surface area contributed by atoms with E-state index in [1.54, 1.807) is 4.90 Å². The summed E-state index contributed by atoms with van der Waals surface area (Å²) < 4.78 is 38.8. The van der Waals surface area contributed by atoms with Gasteiger partial charge in [0.2, 0.25) is 10.0 Å². The zero-order valence-corrected chi connectivity index (χ0v) is 18.6. The lowest BCUT2D eigenvalue weighted by Crippen LogP contribution is -2.45. The molecule has 0 aromatic heterocycles. The van der Waals surface area contributed by atoms with Crippen molar-refractivity contribution in [2.45, 2.75) is 11.3 Å². The zero-order valence-electron chi connectivity index (χ0n) is 17.8. The van der Waals surface area contributed by atoms with Crippen LogP contribution in [0.15, 0.2) is 23.1 Å². The highest BCUT2D eigenvalue weighted by molar-refractivity contribution is 7.89. The lowest BCUT2D eigenvalue weighted by Gasteiger charge is -2.32. The molecule has 1 aromatic rings. The van der Waals surface area contributed by atoms with Crippen molar-refractivity contribution in [3.63, 3.8) is 0 Å². The van der Waals surface area contributed by atoms with Gasteiger partial charge in [-0.05, 0) is 38.2 Å². The number of nitrogens with one attached hydrogen (secondary N) is 1. The molecule has 168 valence electrons. The molecule has 0 bridgehead atoms. The summed E-state index contributed by atoms with van der Waals surface area (Å²) in [5.74, 6) is 0.114. The fourth-order valence-electron chi connectivity index (χ4n) is 3.62. The molecule has 0 aliphatic carbocycles. The van der Waals surface area contributed by atoms with E-state index in [1.165, 1.54) is 25.3 Å². The maximum absolute atomic E-state index is 12.9. The fourth-order valence-corrected chi connectivity index (χ4v) is 4.72. The van der Waals surface area contributed by atoms with Crippen LogP contribution >= 0.6 is 0 Å². The van der Waals surface area contributed by atoms with Gasteiger partial charge in [-0.15, -0.1) is 0 Å². The van der Waals surface area contributed by atoms with Crippen LogP contribution in [0.4, 0.5) is 0 Å². The van der Waals surface area contributed by atoms with E-state index in [1.807, 2.05) is 0 Å². The van der Waals surface area contributed by atoms with E-state index < -0.39 is 10.0 Å². The van der Waals surface area contributed by atoms with Gasteiger partial charge >= 0.3 is 0 Å². The Kier molecular flexibility index (Phi) is 8.06. The number of carbonyl (C=O) groups is 1. The highest BCUT2D eigenvalue weighted by atomic mass is 32.2. The van der Waals surface area contributed by atoms with Crippen LogP contribution in [0.2, 0.25) is 0 Å². The van der Waals surface area contributed by atoms with Crippen LogP contribution in [0, 0.1) is 0 Å². The quantitative estimate of drug-likeness (QED) is 0.573. The smallest absolute Gasteiger partial charge is 0.257 e. The van der Waals surface area contributed by atoms with Crippen molar-refractivity contribution < 1.29 is 22.7 Å². The molecule has 2 aliphatic heterocycles. The molecule has 9 nitrogen and oxygen atoms in total. The summed E-state index contributed by atoms with van der Waals surface area (Å²) >= 11 is 0. The molecule has 1 N–H and O–H groups in total. The first-order valence-electron chi connectivity index (χ1n) is 10.4. The van der Waals surface area contributed by atoms with Gasteiger partial charge in [-0.2, -0.15) is 0 Å². The first-order valence-corrected chi connectivity index (χ1v) is 11.8. The van der Waals surface area contributed by atoms with Crippen LogP contribution in [0.5, 0.6) is 5.75 Å². The molecule has 0 unspecified atom stereocenters. The van der Waals surface area contributed by atoms with Crippen LogP contribution in [0.1, 0.15) is 16.8 Å². The number of piperazine rings is 1. The van der Waals surface area contributed by atoms with E-state index in [-0.39, 0.29) is 16.4 Å². The van der Waals surface area contributed by atoms with E-state index in [9.17, 15) is 13.2 Å². The molecule has 0 radical (unpaired) electrons. The minimum absolute atomic E-state index is 0.0690. The molecule has 2 saturated heterocycles. The van der Waals surface area contributed by atoms with Crippen molar-refractivity contribution in [3.8, 4) is 5.75 Å². The topological polar surface area (TPSA) is 91.4 Å². The van der Waals surface area contributed by atoms with Gasteiger partial charge in [0.25, 0.3) is 5.91 Å². The number of ether oxygens (including phenoxy) is 2. The third-order valence-electron chi connectivity index (χ3n) is 5.55. The van der Waals surface area contributed by atoms with Crippen LogP contribution in [-0.2, 0) is 14.8 Å². The fraction of sp³-hybridized carbons (Fsp3) is 0.650. The van der Waals surface area contributed by atoms with E-state index in [2.05, 4.69) is 21.6 Å². The van der Waals surface area contributed by atoms with Crippen molar-refractivity contribution in [2.24, 2.45) is 0 Å². The lowest BCUT2D eigenvalue weighted by molar-refractivity contribution is 0.0300. The summed E-state index contributed by atoms with van der Waals surface area (Å²) in [7, 11) is -0.134. The van der Waals surface area contributed by atoms with Crippen molar-refractivity contribution in [1.29, 1.82) is 0 Å². The number of benzene rings is 1. The summed E-state index contributed by atoms with van der Waals surface area (Å²) in [4.78, 5) is 19.2. The van der Waals surface area contributed by atoms with Crippen molar-refractivity contribution in [3.05, 3.63) is 23.8 Å². The number of carbonyl (C=O) groups excluding carboxylic acids is 1. The Morgan fingerprint density at radius 2 is 1.83 bits per heavy atom. The highest BCUT2D eigenvalue weighted by Gasteiger charge is 2.24. The maximum atomic E-state index is 12.9. The maximum Gasteiger partial charge on any atom is 0.257 e. The number of amides is 1. The summed E-state index contributed by atoms with van der Waals surface area (Å²) in [5.41, 5.74) is 0.250. The van der Waals surface area contributed by atoms with Crippen molar-refractivity contribution >= 4 is 15.9 Å². The van der Waals surface area contributed by atoms with E-state index in [4.69, 9.17) is 9.47 Å². The summed E-state index contributed by atoms with van der Waals surface area (Å²) in [6, 6.07) is 4.41. The van der Waals surface area contributed by atoms with E-state index in [0.717, 1.165) is 39.1 Å². The van der Waals surface area contributed by atoms with Crippen LogP contribution in [0.3, 0.4) is 0 Å². The summed E-state index contributed by atoms with van der Waals surface area (Å²) in [6.45, 7) is 7.21. The Hall–Kier alpha value is -1.72. The molecule has 1 amide bonds. The lowest BCUT2D eigenvalue weighted by atomic mass is 10.1. The summed E-state index contributed by atoms with van der Waals surface area (Å²) in [6.07, 6.45) is 0.735. The molecule has 1 aromatic carbocycles. The Bertz CT molecular complexity index is 818. The van der Waals surface area contributed by atoms with Gasteiger partial charge in [0.05, 0.1) is 30.8 Å². The average molecular weight is 441 g/mol. The molecule has 2 fully saturated rings. The predicted octanol–water partition coefficient (Wildman–Crippen LogP) is 0.0834. The Morgan fingerprint density at radius 3 is 2.50 bits per heavy atom. The number of morpholine rings is 1. The third-order valence-corrected chi connectivity index (χ3v) is 7.01. The SMILES string of the molecule is COc1ccc(S(=O)(=O)NCCCN2CCN(C)CC2)cc1C(=O)N1CCOCC1. The van der Waals surface area contributed by atoms with Gasteiger partial charge in [-0.1, -0.05) is 0 Å². The molecular weight excluding hydrogens is 408 g/mol. The predicted molar refractivity (Wildman–Crippen MR) is 113 cm³/mol. The molecule has 3 rings (SSSR count). The number of hydrogen-bond donors (Lipinski definition) is 1. The minimum Gasteiger partial charge on any atom is -0.496 e. The van der Waals surface area contributed by atoms with E-state index in [0.29, 0.717) is 38.6 Å². The molecule has 0 atom stereocenters. The standard InChI is InChI=1S/C20H32N4O5S/c1-22-8-10-23(11-9-22)7-3-6-21-30(26,27)17-4-5-19(28-2)18(16-17)20(25)24-12-14-29-15-13-24/h4-5,16,21H,3,6-15H2,1-2H3. The van der Waals surface area contributed by atoms with Gasteiger partial charge in [0.1, 0.15) is 5.75 Å². The summed E-state index contributed by atoms with van der Waals surface area (Å²) in [5, 5.41) is 0. The molecule has 2 aliphatic rings. The average Bonchev–Trinajstić information content (AvgIpc) is 2.77. The second-order valence-corrected chi connectivity index (χ2v) is 9.43. The number of rotatable bonds is 8. The number of nitrogens with zero attached hydrogens (tertiary/aromatic N) is 3. The first kappa shape index (κ1) is 23.0. The Morgan fingerprint density at radius 1 is 1.13 bits per heavy atom. The molecule has 10 heteroatoms.